The van der Waals surface area contributed by atoms with Gasteiger partial charge in [0.05, 0.1) is 21.8 Å². The molecule has 10 nitrogen and oxygen atoms in total. The number of nitro groups is 1. The zero-order valence-corrected chi connectivity index (χ0v) is 14.4. The number of nitrogens with zero attached hydrogens (tertiary/aromatic N) is 4. The van der Waals surface area contributed by atoms with E-state index in [2.05, 4.69) is 15.2 Å². The lowest BCUT2D eigenvalue weighted by Gasteiger charge is -1.98. The number of thiazole rings is 1. The van der Waals surface area contributed by atoms with E-state index in [0.717, 1.165) is 11.3 Å². The van der Waals surface area contributed by atoms with Crippen molar-refractivity contribution in [3.63, 3.8) is 0 Å². The van der Waals surface area contributed by atoms with Crippen molar-refractivity contribution < 1.29 is 24.3 Å². The van der Waals surface area contributed by atoms with Gasteiger partial charge in [-0.25, -0.2) is 0 Å². The minimum absolute atomic E-state index is 0.0508. The number of hydrogen-bond donors (Lipinski definition) is 2. The van der Waals surface area contributed by atoms with Gasteiger partial charge in [0.1, 0.15) is 18.1 Å². The highest BCUT2D eigenvalue weighted by molar-refractivity contribution is 7.15. The highest BCUT2D eigenvalue weighted by atomic mass is 32.1. The van der Waals surface area contributed by atoms with Gasteiger partial charge >= 0.3 is 5.97 Å². The molecular weight excluding hydrogens is 376 g/mol. The van der Waals surface area contributed by atoms with Gasteiger partial charge in [-0.2, -0.15) is 10.1 Å². The van der Waals surface area contributed by atoms with E-state index >= 15 is 0 Å². The Kier molecular flexibility index (Phi) is 5.22. The molecule has 2 N–H and O–H groups in total. The first kappa shape index (κ1) is 18.2. The van der Waals surface area contributed by atoms with Crippen molar-refractivity contribution in [3.8, 4) is 17.2 Å². The number of para-hydroxylation sites is 1. The number of carbonyl (C=O) groups is 1. The number of carboxylic acid groups (broad SMARTS) is 1. The van der Waals surface area contributed by atoms with Gasteiger partial charge < -0.3 is 14.6 Å². The molecule has 3 rings (SSSR count). The SMILES string of the molecule is O=C(O)Cc1sc(N=NCc2ccc(-c3ccccc3[N+](=O)[O-])o2)nc1O. The molecule has 2 heterocycles. The van der Waals surface area contributed by atoms with Crippen molar-refractivity contribution in [2.75, 3.05) is 0 Å². The van der Waals surface area contributed by atoms with Crippen LogP contribution in [0.3, 0.4) is 0 Å². The zero-order valence-electron chi connectivity index (χ0n) is 13.6. The summed E-state index contributed by atoms with van der Waals surface area (Å²) in [6.07, 6.45) is -0.351. The number of rotatable bonds is 7. The van der Waals surface area contributed by atoms with Gasteiger partial charge in [-0.05, 0) is 18.2 Å². The summed E-state index contributed by atoms with van der Waals surface area (Å²) in [5.74, 6) is -0.704. The monoisotopic (exact) mass is 388 g/mol. The van der Waals surface area contributed by atoms with Crippen LogP contribution in [0.15, 0.2) is 51.0 Å². The normalized spacial score (nSPS) is 11.1. The Morgan fingerprint density at radius 2 is 2.07 bits per heavy atom. The van der Waals surface area contributed by atoms with Crippen molar-refractivity contribution in [2.45, 2.75) is 13.0 Å². The molecule has 0 amide bonds. The predicted molar refractivity (Wildman–Crippen MR) is 94.1 cm³/mol. The summed E-state index contributed by atoms with van der Waals surface area (Å²) in [5.41, 5.74) is 0.290. The summed E-state index contributed by atoms with van der Waals surface area (Å²) in [4.78, 5) is 25.2. The molecule has 0 aliphatic carbocycles. The molecule has 1 aromatic carbocycles. The Labute approximate surface area is 155 Å². The maximum Gasteiger partial charge on any atom is 0.308 e. The van der Waals surface area contributed by atoms with Crippen LogP contribution in [0.1, 0.15) is 10.6 Å². The molecule has 138 valence electrons. The molecule has 27 heavy (non-hydrogen) atoms. The summed E-state index contributed by atoms with van der Waals surface area (Å²) in [6.45, 7) is 0.0508. The van der Waals surface area contributed by atoms with E-state index in [1.54, 1.807) is 30.3 Å². The van der Waals surface area contributed by atoms with Crippen LogP contribution in [-0.2, 0) is 17.8 Å². The quantitative estimate of drug-likeness (QED) is 0.353. The topological polar surface area (TPSA) is 151 Å². The molecule has 0 saturated carbocycles. The summed E-state index contributed by atoms with van der Waals surface area (Å²) < 4.78 is 5.58. The van der Waals surface area contributed by atoms with Gasteiger partial charge in [-0.3, -0.25) is 14.9 Å². The Bertz CT molecular complexity index is 1030. The fourth-order valence-electron chi connectivity index (χ4n) is 2.24. The molecule has 11 heteroatoms. The van der Waals surface area contributed by atoms with Gasteiger partial charge in [-0.15, -0.1) is 5.11 Å². The van der Waals surface area contributed by atoms with Crippen LogP contribution in [0.2, 0.25) is 0 Å². The van der Waals surface area contributed by atoms with Gasteiger partial charge in [0, 0.05) is 6.07 Å². The highest BCUT2D eigenvalue weighted by Gasteiger charge is 2.17. The van der Waals surface area contributed by atoms with Crippen molar-refractivity contribution >= 4 is 28.1 Å². The molecule has 0 fully saturated rings. The second kappa shape index (κ2) is 7.74. The lowest BCUT2D eigenvalue weighted by atomic mass is 10.1. The Hall–Kier alpha value is -3.60. The van der Waals surface area contributed by atoms with Crippen molar-refractivity contribution in [1.29, 1.82) is 0 Å². The maximum absolute atomic E-state index is 11.1. The molecule has 0 aliphatic heterocycles. The minimum atomic E-state index is -1.09. The summed E-state index contributed by atoms with van der Waals surface area (Å²) in [6, 6.07) is 9.45. The largest absolute Gasteiger partial charge is 0.492 e. The van der Waals surface area contributed by atoms with E-state index in [0.29, 0.717) is 17.1 Å². The first-order valence-corrected chi connectivity index (χ1v) is 8.36. The van der Waals surface area contributed by atoms with E-state index in [9.17, 15) is 20.0 Å². The first-order valence-electron chi connectivity index (χ1n) is 7.54. The number of benzene rings is 1. The zero-order chi connectivity index (χ0) is 19.4. The fraction of sp³-hybridized carbons (Fsp3) is 0.125. The van der Waals surface area contributed by atoms with Crippen molar-refractivity contribution in [2.24, 2.45) is 10.2 Å². The lowest BCUT2D eigenvalue weighted by Crippen LogP contribution is -1.97. The molecule has 0 atom stereocenters. The number of aromatic nitrogens is 1. The molecule has 2 aromatic heterocycles. The van der Waals surface area contributed by atoms with Gasteiger partial charge in [0.15, 0.2) is 0 Å². The van der Waals surface area contributed by atoms with Crippen LogP contribution < -0.4 is 0 Å². The van der Waals surface area contributed by atoms with Crippen molar-refractivity contribution in [1.82, 2.24) is 4.98 Å². The lowest BCUT2D eigenvalue weighted by molar-refractivity contribution is -0.384. The number of furan rings is 1. The third-order valence-electron chi connectivity index (χ3n) is 3.39. The molecule has 0 aliphatic rings. The van der Waals surface area contributed by atoms with Gasteiger partial charge in [0.2, 0.25) is 11.0 Å². The van der Waals surface area contributed by atoms with Crippen molar-refractivity contribution in [3.05, 3.63) is 57.1 Å². The Balaban J connectivity index is 1.71. The van der Waals surface area contributed by atoms with Crippen LogP contribution in [0.4, 0.5) is 10.8 Å². The molecule has 0 unspecified atom stereocenters. The average Bonchev–Trinajstić information content (AvgIpc) is 3.22. The molecule has 0 spiro atoms. The molecule has 0 saturated heterocycles. The average molecular weight is 388 g/mol. The molecular formula is C16H12N4O6S. The smallest absolute Gasteiger partial charge is 0.308 e. The van der Waals surface area contributed by atoms with Crippen LogP contribution in [0, 0.1) is 10.1 Å². The van der Waals surface area contributed by atoms with E-state index in [4.69, 9.17) is 9.52 Å². The minimum Gasteiger partial charge on any atom is -0.492 e. The number of azo groups is 1. The van der Waals surface area contributed by atoms with Gasteiger partial charge in [-0.1, -0.05) is 23.5 Å². The van der Waals surface area contributed by atoms with E-state index in [1.807, 2.05) is 0 Å². The number of aliphatic carboxylic acids is 1. The molecule has 3 aromatic rings. The van der Waals surface area contributed by atoms with Crippen LogP contribution in [-0.4, -0.2) is 26.1 Å². The molecule has 0 bridgehead atoms. The fourth-order valence-corrected chi connectivity index (χ4v) is 3.02. The second-order valence-electron chi connectivity index (χ2n) is 5.25. The number of hydrogen-bond acceptors (Lipinski definition) is 9. The summed E-state index contributed by atoms with van der Waals surface area (Å²) in [7, 11) is 0. The summed E-state index contributed by atoms with van der Waals surface area (Å²) in [5, 5.41) is 37.2. The number of nitro benzene ring substituents is 1. The number of carboxylic acids is 1. The predicted octanol–water partition coefficient (Wildman–Crippen LogP) is 3.93. The Morgan fingerprint density at radius 1 is 1.30 bits per heavy atom. The standard InChI is InChI=1S/C16H12N4O6S/c21-14(22)7-13-15(23)18-16(27-13)19-17-8-9-5-6-12(26-9)10-3-1-2-4-11(10)20(24)25/h1-6,23H,7-8H2,(H,21,22). The van der Waals surface area contributed by atoms with Crippen LogP contribution >= 0.6 is 11.3 Å². The highest BCUT2D eigenvalue weighted by Crippen LogP contribution is 2.32. The van der Waals surface area contributed by atoms with Gasteiger partial charge in [0.25, 0.3) is 5.69 Å². The number of aromatic hydroxyl groups is 1. The second-order valence-corrected chi connectivity index (χ2v) is 6.32. The third-order valence-corrected chi connectivity index (χ3v) is 4.32. The van der Waals surface area contributed by atoms with Crippen LogP contribution in [0.25, 0.3) is 11.3 Å². The third kappa shape index (κ3) is 4.33. The molecule has 0 radical (unpaired) electrons. The maximum atomic E-state index is 11.1. The summed E-state index contributed by atoms with van der Waals surface area (Å²) >= 11 is 0.922. The van der Waals surface area contributed by atoms with E-state index in [1.165, 1.54) is 6.07 Å². The van der Waals surface area contributed by atoms with E-state index < -0.39 is 10.9 Å². The van der Waals surface area contributed by atoms with E-state index in [-0.39, 0.29) is 34.5 Å². The Morgan fingerprint density at radius 3 is 2.81 bits per heavy atom. The first-order chi connectivity index (χ1) is 12.9. The van der Waals surface area contributed by atoms with Crippen LogP contribution in [0.5, 0.6) is 5.88 Å².